The average molecular weight is 287 g/mol. The molecular formula is C20H33N. The van der Waals surface area contributed by atoms with Gasteiger partial charge in [-0.3, -0.25) is 0 Å². The smallest absolute Gasteiger partial charge is 0.00776 e. The van der Waals surface area contributed by atoms with Crippen LogP contribution in [0.3, 0.4) is 0 Å². The maximum atomic E-state index is 5.90. The van der Waals surface area contributed by atoms with Gasteiger partial charge in [-0.15, -0.1) is 5.73 Å². The standard InChI is InChI=1S/C20H33N/c1-7-11-18(20(12-8-2)16(5)6)15-17(9-3)13-14-19(21)10-4/h11,13-14,16H,1,8-10,12,15,21H2,2-6H3/b17-13+,19-14+,20-18-. The van der Waals surface area contributed by atoms with Crippen molar-refractivity contribution in [1.82, 2.24) is 0 Å². The summed E-state index contributed by atoms with van der Waals surface area (Å²) in [6.45, 7) is 14.8. The van der Waals surface area contributed by atoms with Gasteiger partial charge in [-0.2, -0.15) is 0 Å². The van der Waals surface area contributed by atoms with Gasteiger partial charge in [0.1, 0.15) is 0 Å². The summed E-state index contributed by atoms with van der Waals surface area (Å²) in [5.74, 6) is 0.568. The van der Waals surface area contributed by atoms with Crippen LogP contribution in [0.2, 0.25) is 0 Å². The second kappa shape index (κ2) is 11.2. The molecule has 0 aliphatic heterocycles. The van der Waals surface area contributed by atoms with Gasteiger partial charge in [-0.05, 0) is 49.3 Å². The molecule has 0 aromatic carbocycles. The summed E-state index contributed by atoms with van der Waals surface area (Å²) in [6.07, 6.45) is 11.5. The Morgan fingerprint density at radius 2 is 1.81 bits per heavy atom. The van der Waals surface area contributed by atoms with Crippen molar-refractivity contribution >= 4 is 0 Å². The summed E-state index contributed by atoms with van der Waals surface area (Å²) in [5, 5.41) is 0. The Hall–Kier alpha value is -1.46. The topological polar surface area (TPSA) is 26.0 Å². The molecule has 0 fully saturated rings. The van der Waals surface area contributed by atoms with Crippen LogP contribution < -0.4 is 5.73 Å². The molecule has 0 aliphatic carbocycles. The largest absolute Gasteiger partial charge is 0.402 e. The minimum Gasteiger partial charge on any atom is -0.402 e. The molecule has 0 saturated heterocycles. The zero-order chi connectivity index (χ0) is 16.3. The number of hydrogen-bond donors (Lipinski definition) is 1. The van der Waals surface area contributed by atoms with E-state index in [1.807, 2.05) is 6.08 Å². The average Bonchev–Trinajstić information content (AvgIpc) is 2.47. The Morgan fingerprint density at radius 1 is 1.14 bits per heavy atom. The van der Waals surface area contributed by atoms with Crippen LogP contribution in [-0.4, -0.2) is 0 Å². The molecule has 2 N–H and O–H groups in total. The third-order valence-corrected chi connectivity index (χ3v) is 3.72. The monoisotopic (exact) mass is 287 g/mol. The molecule has 0 amide bonds. The molecule has 0 aromatic heterocycles. The van der Waals surface area contributed by atoms with Crippen LogP contribution in [0.1, 0.15) is 66.7 Å². The van der Waals surface area contributed by atoms with Gasteiger partial charge in [0.2, 0.25) is 0 Å². The third-order valence-electron chi connectivity index (χ3n) is 3.72. The van der Waals surface area contributed by atoms with Gasteiger partial charge < -0.3 is 5.73 Å². The fourth-order valence-electron chi connectivity index (χ4n) is 2.36. The van der Waals surface area contributed by atoms with E-state index in [0.29, 0.717) is 5.92 Å². The quantitative estimate of drug-likeness (QED) is 0.405. The molecule has 1 nitrogen and oxygen atoms in total. The number of hydrogen-bond acceptors (Lipinski definition) is 1. The lowest BCUT2D eigenvalue weighted by molar-refractivity contribution is 0.688. The van der Waals surface area contributed by atoms with E-state index in [1.165, 1.54) is 23.1 Å². The van der Waals surface area contributed by atoms with E-state index in [4.69, 9.17) is 5.73 Å². The van der Waals surface area contributed by atoms with Crippen LogP contribution in [0.4, 0.5) is 0 Å². The molecule has 0 bridgehead atoms. The van der Waals surface area contributed by atoms with Gasteiger partial charge in [0.25, 0.3) is 0 Å². The summed E-state index contributed by atoms with van der Waals surface area (Å²) in [4.78, 5) is 0. The molecule has 21 heavy (non-hydrogen) atoms. The summed E-state index contributed by atoms with van der Waals surface area (Å²) in [5.41, 5.74) is 14.1. The summed E-state index contributed by atoms with van der Waals surface area (Å²) < 4.78 is 0. The van der Waals surface area contributed by atoms with Crippen molar-refractivity contribution in [2.75, 3.05) is 0 Å². The van der Waals surface area contributed by atoms with Crippen molar-refractivity contribution in [2.45, 2.75) is 66.7 Å². The molecule has 0 spiro atoms. The summed E-state index contributed by atoms with van der Waals surface area (Å²) in [6, 6.07) is 0. The first-order valence-electron chi connectivity index (χ1n) is 8.21. The number of nitrogens with two attached hydrogens (primary N) is 1. The van der Waals surface area contributed by atoms with Crippen molar-refractivity contribution in [1.29, 1.82) is 0 Å². The van der Waals surface area contributed by atoms with Crippen molar-refractivity contribution in [3.05, 3.63) is 53.0 Å². The van der Waals surface area contributed by atoms with Crippen LogP contribution in [0.5, 0.6) is 0 Å². The molecule has 118 valence electrons. The van der Waals surface area contributed by atoms with E-state index in [9.17, 15) is 0 Å². The highest BCUT2D eigenvalue weighted by molar-refractivity contribution is 5.32. The second-order valence-corrected chi connectivity index (χ2v) is 5.75. The molecule has 0 saturated carbocycles. The van der Waals surface area contributed by atoms with Gasteiger partial charge in [0.15, 0.2) is 0 Å². The first-order valence-corrected chi connectivity index (χ1v) is 8.21. The minimum atomic E-state index is 0.568. The SMILES string of the molecule is C=C=C/C(C/C(=C/C=C(/N)CC)CC)=C(\CCC)C(C)C. The molecule has 0 aromatic rings. The number of allylic oxidation sites excluding steroid dienone is 7. The first-order chi connectivity index (χ1) is 9.99. The Labute approximate surface area is 132 Å². The Bertz CT molecular complexity index is 440. The molecule has 1 heteroatoms. The summed E-state index contributed by atoms with van der Waals surface area (Å²) in [7, 11) is 0. The molecule has 0 heterocycles. The van der Waals surface area contributed by atoms with Crippen LogP contribution in [0, 0.1) is 5.92 Å². The van der Waals surface area contributed by atoms with Gasteiger partial charge in [0.05, 0.1) is 0 Å². The molecule has 0 rings (SSSR count). The van der Waals surface area contributed by atoms with E-state index >= 15 is 0 Å². The van der Waals surface area contributed by atoms with E-state index in [1.54, 1.807) is 0 Å². The molecule has 0 aliphatic rings. The molecule has 0 radical (unpaired) electrons. The number of rotatable bonds is 9. The maximum absolute atomic E-state index is 5.90. The van der Waals surface area contributed by atoms with Crippen LogP contribution in [-0.2, 0) is 0 Å². The lowest BCUT2D eigenvalue weighted by Crippen LogP contribution is -2.00. The maximum Gasteiger partial charge on any atom is 0.00776 e. The normalized spacial score (nSPS) is 14.0. The first kappa shape index (κ1) is 19.5. The second-order valence-electron chi connectivity index (χ2n) is 5.75. The zero-order valence-electron chi connectivity index (χ0n) is 14.6. The lowest BCUT2D eigenvalue weighted by Gasteiger charge is -2.16. The fourth-order valence-corrected chi connectivity index (χ4v) is 2.36. The van der Waals surface area contributed by atoms with Crippen molar-refractivity contribution in [3.63, 3.8) is 0 Å². The highest BCUT2D eigenvalue weighted by Gasteiger charge is 2.09. The van der Waals surface area contributed by atoms with Crippen molar-refractivity contribution in [3.8, 4) is 0 Å². The minimum absolute atomic E-state index is 0.568. The Kier molecular flexibility index (Phi) is 10.4. The van der Waals surface area contributed by atoms with E-state index < -0.39 is 0 Å². The predicted octanol–water partition coefficient (Wildman–Crippen LogP) is 6.06. The van der Waals surface area contributed by atoms with Crippen molar-refractivity contribution in [2.24, 2.45) is 11.7 Å². The van der Waals surface area contributed by atoms with Gasteiger partial charge >= 0.3 is 0 Å². The fraction of sp³-hybridized carbons (Fsp3) is 0.550. The zero-order valence-corrected chi connectivity index (χ0v) is 14.6. The predicted molar refractivity (Wildman–Crippen MR) is 96.0 cm³/mol. The van der Waals surface area contributed by atoms with Crippen LogP contribution >= 0.6 is 0 Å². The van der Waals surface area contributed by atoms with Crippen LogP contribution in [0.25, 0.3) is 0 Å². The van der Waals surface area contributed by atoms with E-state index in [-0.39, 0.29) is 0 Å². The third kappa shape index (κ3) is 7.78. The van der Waals surface area contributed by atoms with Gasteiger partial charge in [0, 0.05) is 5.70 Å². The highest BCUT2D eigenvalue weighted by Crippen LogP contribution is 2.26. The molecule has 0 atom stereocenters. The molecule has 0 unspecified atom stereocenters. The Morgan fingerprint density at radius 3 is 2.24 bits per heavy atom. The van der Waals surface area contributed by atoms with Gasteiger partial charge in [-0.25, -0.2) is 0 Å². The van der Waals surface area contributed by atoms with E-state index in [2.05, 4.69) is 59.1 Å². The highest BCUT2D eigenvalue weighted by atomic mass is 14.6. The van der Waals surface area contributed by atoms with E-state index in [0.717, 1.165) is 31.4 Å². The lowest BCUT2D eigenvalue weighted by atomic mass is 9.89. The Balaban J connectivity index is 5.48. The molecular weight excluding hydrogens is 254 g/mol. The van der Waals surface area contributed by atoms with Gasteiger partial charge in [-0.1, -0.05) is 64.8 Å². The summed E-state index contributed by atoms with van der Waals surface area (Å²) >= 11 is 0. The van der Waals surface area contributed by atoms with Crippen LogP contribution in [0.15, 0.2) is 53.0 Å². The van der Waals surface area contributed by atoms with Crippen molar-refractivity contribution < 1.29 is 0 Å².